The Morgan fingerprint density at radius 3 is 1.30 bits per heavy atom. The van der Waals surface area contributed by atoms with Gasteiger partial charge in [-0.1, -0.05) is 60.7 Å². The lowest BCUT2D eigenvalue weighted by molar-refractivity contribution is -0.121. The molecule has 0 unspecified atom stereocenters. The zero-order chi connectivity index (χ0) is 19.8. The van der Waals surface area contributed by atoms with Crippen LogP contribution in [0.4, 0.5) is 22.0 Å². The van der Waals surface area contributed by atoms with Crippen molar-refractivity contribution in [1.82, 2.24) is 0 Å². The molecule has 27 heavy (non-hydrogen) atoms. The third-order valence-corrected chi connectivity index (χ3v) is 4.37. The molecule has 2 N–H and O–H groups in total. The SMILES string of the molecule is NC(=O)C(c1ccccc1)(c1ccccc1)c1c(F)c(F)c(F)c(F)c1F. The summed E-state index contributed by atoms with van der Waals surface area (Å²) in [5.41, 5.74) is 1.72. The van der Waals surface area contributed by atoms with E-state index in [4.69, 9.17) is 5.73 Å². The van der Waals surface area contributed by atoms with Gasteiger partial charge in [0.15, 0.2) is 23.3 Å². The van der Waals surface area contributed by atoms with Gasteiger partial charge in [0.1, 0.15) is 5.41 Å². The highest BCUT2D eigenvalue weighted by Crippen LogP contribution is 2.43. The molecule has 3 aromatic rings. The second-order valence-corrected chi connectivity index (χ2v) is 5.79. The van der Waals surface area contributed by atoms with E-state index in [1.165, 1.54) is 48.5 Å². The second-order valence-electron chi connectivity index (χ2n) is 5.79. The fraction of sp³-hybridized carbons (Fsp3) is 0.0500. The largest absolute Gasteiger partial charge is 0.368 e. The standard InChI is InChI=1S/C20H12F5NO/c21-14-13(15(22)17(24)18(25)16(14)23)20(19(26)27,11-7-3-1-4-8-11)12-9-5-2-6-10-12/h1-10H,(H2,26,27). The molecule has 0 radical (unpaired) electrons. The van der Waals surface area contributed by atoms with Gasteiger partial charge in [0.25, 0.3) is 0 Å². The highest BCUT2D eigenvalue weighted by Gasteiger charge is 2.48. The minimum atomic E-state index is -2.42. The van der Waals surface area contributed by atoms with Crippen LogP contribution in [0.25, 0.3) is 0 Å². The number of amides is 1. The first-order valence-corrected chi connectivity index (χ1v) is 7.76. The summed E-state index contributed by atoms with van der Waals surface area (Å²) in [6.45, 7) is 0. The highest BCUT2D eigenvalue weighted by molar-refractivity contribution is 5.95. The Balaban J connectivity index is 2.56. The molecule has 0 atom stereocenters. The zero-order valence-electron chi connectivity index (χ0n) is 13.6. The predicted octanol–water partition coefficient (Wildman–Crippen LogP) is 4.20. The third-order valence-electron chi connectivity index (χ3n) is 4.37. The first-order chi connectivity index (χ1) is 12.8. The van der Waals surface area contributed by atoms with Crippen molar-refractivity contribution in [1.29, 1.82) is 0 Å². The summed E-state index contributed by atoms with van der Waals surface area (Å²) in [7, 11) is 0. The molecule has 7 heteroatoms. The van der Waals surface area contributed by atoms with Gasteiger partial charge >= 0.3 is 0 Å². The molecule has 0 heterocycles. The average Bonchev–Trinajstić information content (AvgIpc) is 2.69. The number of carbonyl (C=O) groups excluding carboxylic acids is 1. The number of rotatable bonds is 4. The van der Waals surface area contributed by atoms with Crippen molar-refractivity contribution in [3.05, 3.63) is 106 Å². The van der Waals surface area contributed by atoms with Crippen molar-refractivity contribution in [3.8, 4) is 0 Å². The molecule has 0 aliphatic rings. The molecule has 0 aromatic heterocycles. The molecular formula is C20H12F5NO. The molecule has 0 bridgehead atoms. The first-order valence-electron chi connectivity index (χ1n) is 7.76. The molecule has 3 aromatic carbocycles. The predicted molar refractivity (Wildman–Crippen MR) is 88.2 cm³/mol. The lowest BCUT2D eigenvalue weighted by Crippen LogP contribution is -2.45. The number of halogens is 5. The zero-order valence-corrected chi connectivity index (χ0v) is 13.6. The molecule has 3 rings (SSSR count). The van der Waals surface area contributed by atoms with Gasteiger partial charge in [-0.25, -0.2) is 22.0 Å². The van der Waals surface area contributed by atoms with Crippen LogP contribution in [0.5, 0.6) is 0 Å². The Morgan fingerprint density at radius 1 is 0.630 bits per heavy atom. The minimum Gasteiger partial charge on any atom is -0.368 e. The third kappa shape index (κ3) is 2.66. The van der Waals surface area contributed by atoms with Crippen LogP contribution in [-0.4, -0.2) is 5.91 Å². The Bertz CT molecular complexity index is 937. The van der Waals surface area contributed by atoms with E-state index in [1.54, 1.807) is 12.1 Å². The van der Waals surface area contributed by atoms with Crippen LogP contribution in [0.1, 0.15) is 16.7 Å². The van der Waals surface area contributed by atoms with Gasteiger partial charge in [-0.15, -0.1) is 0 Å². The van der Waals surface area contributed by atoms with E-state index in [9.17, 15) is 26.7 Å². The van der Waals surface area contributed by atoms with Gasteiger partial charge in [-0.3, -0.25) is 4.79 Å². The van der Waals surface area contributed by atoms with Crippen molar-refractivity contribution < 1.29 is 26.7 Å². The number of carbonyl (C=O) groups is 1. The number of primary amides is 1. The fourth-order valence-electron chi connectivity index (χ4n) is 3.17. The number of nitrogens with two attached hydrogens (primary N) is 1. The van der Waals surface area contributed by atoms with Gasteiger partial charge in [-0.2, -0.15) is 0 Å². The molecule has 2 nitrogen and oxygen atoms in total. The topological polar surface area (TPSA) is 43.1 Å². The van der Waals surface area contributed by atoms with Crippen molar-refractivity contribution in [2.24, 2.45) is 5.73 Å². The van der Waals surface area contributed by atoms with E-state index in [0.717, 1.165) is 0 Å². The van der Waals surface area contributed by atoms with E-state index in [1.807, 2.05) is 0 Å². The molecule has 0 aliphatic heterocycles. The van der Waals surface area contributed by atoms with Crippen molar-refractivity contribution in [2.75, 3.05) is 0 Å². The summed E-state index contributed by atoms with van der Waals surface area (Å²) in [6, 6.07) is 14.3. The molecule has 138 valence electrons. The van der Waals surface area contributed by atoms with E-state index >= 15 is 0 Å². The minimum absolute atomic E-state index is 0.0353. The Labute approximate surface area is 151 Å². The maximum absolute atomic E-state index is 14.7. The second kappa shape index (κ2) is 6.83. The van der Waals surface area contributed by atoms with Gasteiger partial charge in [-0.05, 0) is 11.1 Å². The van der Waals surface area contributed by atoms with Crippen LogP contribution in [0.2, 0.25) is 0 Å². The van der Waals surface area contributed by atoms with Gasteiger partial charge in [0.2, 0.25) is 11.7 Å². The number of hydrogen-bond acceptors (Lipinski definition) is 1. The van der Waals surface area contributed by atoms with Crippen LogP contribution in [-0.2, 0) is 10.2 Å². The van der Waals surface area contributed by atoms with Crippen LogP contribution in [0.15, 0.2) is 60.7 Å². The summed E-state index contributed by atoms with van der Waals surface area (Å²) in [4.78, 5) is 12.6. The maximum atomic E-state index is 14.7. The van der Waals surface area contributed by atoms with Gasteiger partial charge < -0.3 is 5.73 Å². The molecule has 1 amide bonds. The van der Waals surface area contributed by atoms with Crippen molar-refractivity contribution >= 4 is 5.91 Å². The molecule has 0 aliphatic carbocycles. The van der Waals surface area contributed by atoms with Crippen molar-refractivity contribution in [2.45, 2.75) is 5.41 Å². The molecule has 0 spiro atoms. The van der Waals surface area contributed by atoms with E-state index < -0.39 is 46.0 Å². The summed E-state index contributed by atoms with van der Waals surface area (Å²) < 4.78 is 70.8. The quantitative estimate of drug-likeness (QED) is 0.315. The van der Waals surface area contributed by atoms with E-state index in [0.29, 0.717) is 0 Å². The summed E-state index contributed by atoms with van der Waals surface area (Å²) in [5, 5.41) is 0. The maximum Gasteiger partial charge on any atom is 0.237 e. The smallest absolute Gasteiger partial charge is 0.237 e. The molecular weight excluding hydrogens is 365 g/mol. The van der Waals surface area contributed by atoms with Gasteiger partial charge in [0.05, 0.1) is 5.56 Å². The molecule has 0 saturated heterocycles. The molecule has 0 fully saturated rings. The Kier molecular flexibility index (Phi) is 4.70. The van der Waals surface area contributed by atoms with Crippen molar-refractivity contribution in [3.63, 3.8) is 0 Å². The number of hydrogen-bond donors (Lipinski definition) is 1. The van der Waals surface area contributed by atoms with Gasteiger partial charge in [0, 0.05) is 0 Å². The normalized spacial score (nSPS) is 11.4. The van der Waals surface area contributed by atoms with Crippen LogP contribution in [0.3, 0.4) is 0 Å². The van der Waals surface area contributed by atoms with E-state index in [-0.39, 0.29) is 11.1 Å². The van der Waals surface area contributed by atoms with Crippen LogP contribution in [0, 0.1) is 29.1 Å². The van der Waals surface area contributed by atoms with Crippen LogP contribution < -0.4 is 5.73 Å². The molecule has 0 saturated carbocycles. The number of benzene rings is 3. The van der Waals surface area contributed by atoms with E-state index in [2.05, 4.69) is 0 Å². The van der Waals surface area contributed by atoms with Crippen LogP contribution >= 0.6 is 0 Å². The first kappa shape index (κ1) is 18.6. The lowest BCUT2D eigenvalue weighted by Gasteiger charge is -2.33. The summed E-state index contributed by atoms with van der Waals surface area (Å²) >= 11 is 0. The Morgan fingerprint density at radius 2 is 0.963 bits per heavy atom. The average molecular weight is 377 g/mol. The highest BCUT2D eigenvalue weighted by atomic mass is 19.2. The fourth-order valence-corrected chi connectivity index (χ4v) is 3.17. The monoisotopic (exact) mass is 377 g/mol. The summed E-state index contributed by atoms with van der Waals surface area (Å²) in [6.07, 6.45) is 0. The Hall–Kier alpha value is -3.22. The summed E-state index contributed by atoms with van der Waals surface area (Å²) in [5.74, 6) is -12.1. The lowest BCUT2D eigenvalue weighted by atomic mass is 9.68.